The summed E-state index contributed by atoms with van der Waals surface area (Å²) in [6.07, 6.45) is 2.05. The first-order valence-corrected chi connectivity index (χ1v) is 6.77. The van der Waals surface area contributed by atoms with Crippen molar-refractivity contribution in [3.63, 3.8) is 0 Å². The van der Waals surface area contributed by atoms with Crippen molar-refractivity contribution in [2.75, 3.05) is 5.73 Å². The Morgan fingerprint density at radius 3 is 2.60 bits per heavy atom. The molecule has 0 saturated heterocycles. The first-order chi connectivity index (χ1) is 9.38. The molecule has 20 heavy (non-hydrogen) atoms. The van der Waals surface area contributed by atoms with Crippen LogP contribution in [0.4, 0.5) is 5.69 Å². The number of hydrogen-bond acceptors (Lipinski definition) is 4. The lowest BCUT2D eigenvalue weighted by Crippen LogP contribution is -2.46. The molecule has 1 aromatic rings. The Balaban J connectivity index is 1.87. The number of nitrogens with zero attached hydrogens (tertiary/aromatic N) is 2. The second-order valence-corrected chi connectivity index (χ2v) is 5.31. The van der Waals surface area contributed by atoms with Gasteiger partial charge in [-0.15, -0.1) is 0 Å². The Morgan fingerprint density at radius 1 is 1.45 bits per heavy atom. The van der Waals surface area contributed by atoms with Gasteiger partial charge in [-0.25, -0.2) is 0 Å². The van der Waals surface area contributed by atoms with Gasteiger partial charge in [0, 0.05) is 6.04 Å². The average Bonchev–Trinajstić information content (AvgIpc) is 3.15. The second-order valence-electron chi connectivity index (χ2n) is 5.31. The summed E-state index contributed by atoms with van der Waals surface area (Å²) >= 11 is 0. The van der Waals surface area contributed by atoms with Crippen molar-refractivity contribution in [2.45, 2.75) is 52.2 Å². The molecule has 7 heteroatoms. The van der Waals surface area contributed by atoms with Gasteiger partial charge in [-0.05, 0) is 33.6 Å². The second kappa shape index (κ2) is 5.52. The van der Waals surface area contributed by atoms with Gasteiger partial charge in [0.1, 0.15) is 12.6 Å². The maximum Gasteiger partial charge on any atom is 0.242 e. The number of nitrogen functional groups attached to an aromatic ring is 1. The molecule has 1 aliphatic rings. The van der Waals surface area contributed by atoms with Gasteiger partial charge in [-0.1, -0.05) is 0 Å². The fourth-order valence-electron chi connectivity index (χ4n) is 1.91. The van der Waals surface area contributed by atoms with Crippen LogP contribution in [0.3, 0.4) is 0 Å². The highest BCUT2D eigenvalue weighted by molar-refractivity contribution is 5.87. The van der Waals surface area contributed by atoms with E-state index in [-0.39, 0.29) is 24.4 Å². The molecule has 7 nitrogen and oxygen atoms in total. The third-order valence-electron chi connectivity index (χ3n) is 3.43. The zero-order chi connectivity index (χ0) is 14.9. The molecule has 4 N–H and O–H groups in total. The third kappa shape index (κ3) is 3.28. The highest BCUT2D eigenvalue weighted by Gasteiger charge is 2.26. The molecule has 110 valence electrons. The van der Waals surface area contributed by atoms with Crippen LogP contribution in [-0.4, -0.2) is 33.7 Å². The largest absolute Gasteiger partial charge is 0.396 e. The number of rotatable bonds is 5. The van der Waals surface area contributed by atoms with Crippen LogP contribution in [0, 0.1) is 13.8 Å². The Morgan fingerprint density at radius 2 is 2.10 bits per heavy atom. The number of hydrogen-bond donors (Lipinski definition) is 3. The third-order valence-corrected chi connectivity index (χ3v) is 3.43. The number of nitrogens with one attached hydrogen (secondary N) is 2. The van der Waals surface area contributed by atoms with Crippen LogP contribution in [0.2, 0.25) is 0 Å². The highest BCUT2D eigenvalue weighted by Crippen LogP contribution is 2.18. The van der Waals surface area contributed by atoms with Gasteiger partial charge in [0.2, 0.25) is 11.8 Å². The lowest BCUT2D eigenvalue weighted by atomic mass is 10.3. The molecule has 0 spiro atoms. The molecule has 0 aromatic carbocycles. The van der Waals surface area contributed by atoms with E-state index < -0.39 is 6.04 Å². The number of carbonyl (C=O) groups excluding carboxylic acids is 2. The minimum absolute atomic E-state index is 0.0604. The van der Waals surface area contributed by atoms with E-state index in [1.54, 1.807) is 18.5 Å². The minimum atomic E-state index is -0.544. The number of nitrogens with two attached hydrogens (primary N) is 1. The smallest absolute Gasteiger partial charge is 0.242 e. The minimum Gasteiger partial charge on any atom is -0.396 e. The van der Waals surface area contributed by atoms with E-state index in [2.05, 4.69) is 15.7 Å². The van der Waals surface area contributed by atoms with Gasteiger partial charge in [0.05, 0.1) is 17.1 Å². The van der Waals surface area contributed by atoms with Gasteiger partial charge >= 0.3 is 0 Å². The van der Waals surface area contributed by atoms with Crippen molar-refractivity contribution < 1.29 is 9.59 Å². The molecule has 1 atom stereocenters. The molecule has 1 fully saturated rings. The predicted molar refractivity (Wildman–Crippen MR) is 74.9 cm³/mol. The Bertz CT molecular complexity index is 533. The normalized spacial score (nSPS) is 15.8. The summed E-state index contributed by atoms with van der Waals surface area (Å²) in [5.74, 6) is -0.400. The molecule has 2 rings (SSSR count). The number of aromatic nitrogens is 2. The van der Waals surface area contributed by atoms with E-state index in [1.165, 1.54) is 0 Å². The SMILES string of the molecule is Cc1nn(CC(=O)NC(C)C(=O)NC2CC2)c(C)c1N. The summed E-state index contributed by atoms with van der Waals surface area (Å²) in [7, 11) is 0. The summed E-state index contributed by atoms with van der Waals surface area (Å²) in [5, 5.41) is 9.71. The van der Waals surface area contributed by atoms with Crippen LogP contribution in [0.15, 0.2) is 0 Å². The molecule has 1 unspecified atom stereocenters. The van der Waals surface area contributed by atoms with Crippen LogP contribution in [0.5, 0.6) is 0 Å². The van der Waals surface area contributed by atoms with Gasteiger partial charge in [-0.2, -0.15) is 5.10 Å². The van der Waals surface area contributed by atoms with Crippen LogP contribution in [0.25, 0.3) is 0 Å². The topological polar surface area (TPSA) is 102 Å². The zero-order valence-electron chi connectivity index (χ0n) is 12.1. The highest BCUT2D eigenvalue weighted by atomic mass is 16.2. The van der Waals surface area contributed by atoms with Gasteiger partial charge in [0.15, 0.2) is 0 Å². The number of aryl methyl sites for hydroxylation is 1. The maximum atomic E-state index is 11.9. The van der Waals surface area contributed by atoms with Crippen molar-refractivity contribution in [3.8, 4) is 0 Å². The van der Waals surface area contributed by atoms with Crippen molar-refractivity contribution in [1.29, 1.82) is 0 Å². The number of amides is 2. The quantitative estimate of drug-likeness (QED) is 0.698. The molecule has 1 saturated carbocycles. The lowest BCUT2D eigenvalue weighted by Gasteiger charge is -2.14. The molecule has 0 aliphatic heterocycles. The van der Waals surface area contributed by atoms with Crippen LogP contribution < -0.4 is 16.4 Å². The van der Waals surface area contributed by atoms with E-state index >= 15 is 0 Å². The predicted octanol–water partition coefficient (Wildman–Crippen LogP) is -0.135. The number of carbonyl (C=O) groups is 2. The van der Waals surface area contributed by atoms with E-state index in [4.69, 9.17) is 5.73 Å². The first kappa shape index (κ1) is 14.4. The molecular formula is C13H21N5O2. The van der Waals surface area contributed by atoms with Crippen molar-refractivity contribution in [2.24, 2.45) is 0 Å². The summed E-state index contributed by atoms with van der Waals surface area (Å²) in [5.41, 5.74) is 7.87. The van der Waals surface area contributed by atoms with Crippen molar-refractivity contribution >= 4 is 17.5 Å². The van der Waals surface area contributed by atoms with E-state index in [1.807, 2.05) is 6.92 Å². The van der Waals surface area contributed by atoms with Crippen LogP contribution in [-0.2, 0) is 16.1 Å². The van der Waals surface area contributed by atoms with E-state index in [0.29, 0.717) is 11.4 Å². The first-order valence-electron chi connectivity index (χ1n) is 6.77. The van der Waals surface area contributed by atoms with Gasteiger partial charge in [0.25, 0.3) is 0 Å². The summed E-state index contributed by atoms with van der Waals surface area (Å²) in [6, 6.07) is -0.255. The number of anilines is 1. The Labute approximate surface area is 117 Å². The molecule has 0 radical (unpaired) electrons. The molecule has 1 aliphatic carbocycles. The standard InChI is InChI=1S/C13H21N5O2/c1-7-12(14)9(3)18(17-7)6-11(19)15-8(2)13(20)16-10-4-5-10/h8,10H,4-6,14H2,1-3H3,(H,15,19)(H,16,20). The molecule has 2 amide bonds. The zero-order valence-corrected chi connectivity index (χ0v) is 12.1. The summed E-state index contributed by atoms with van der Waals surface area (Å²) in [4.78, 5) is 23.6. The molecular weight excluding hydrogens is 258 g/mol. The van der Waals surface area contributed by atoms with Crippen molar-refractivity contribution in [1.82, 2.24) is 20.4 Å². The monoisotopic (exact) mass is 279 g/mol. The Kier molecular flexibility index (Phi) is 3.96. The molecule has 0 bridgehead atoms. The van der Waals surface area contributed by atoms with Gasteiger partial charge < -0.3 is 16.4 Å². The Hall–Kier alpha value is -2.05. The van der Waals surface area contributed by atoms with E-state index in [0.717, 1.165) is 18.5 Å². The average molecular weight is 279 g/mol. The van der Waals surface area contributed by atoms with Crippen LogP contribution >= 0.6 is 0 Å². The fraction of sp³-hybridized carbons (Fsp3) is 0.615. The van der Waals surface area contributed by atoms with Crippen molar-refractivity contribution in [3.05, 3.63) is 11.4 Å². The molecule has 1 aromatic heterocycles. The van der Waals surface area contributed by atoms with Gasteiger partial charge in [-0.3, -0.25) is 14.3 Å². The maximum absolute atomic E-state index is 11.9. The summed E-state index contributed by atoms with van der Waals surface area (Å²) < 4.78 is 1.55. The fourth-order valence-corrected chi connectivity index (χ4v) is 1.91. The summed E-state index contributed by atoms with van der Waals surface area (Å²) in [6.45, 7) is 5.34. The van der Waals surface area contributed by atoms with E-state index in [9.17, 15) is 9.59 Å². The lowest BCUT2D eigenvalue weighted by molar-refractivity contribution is -0.129. The molecule has 1 heterocycles. The van der Waals surface area contributed by atoms with Crippen LogP contribution in [0.1, 0.15) is 31.2 Å².